The van der Waals surface area contributed by atoms with E-state index in [4.69, 9.17) is 4.74 Å². The van der Waals surface area contributed by atoms with Crippen LogP contribution in [0.25, 0.3) is 0 Å². The number of aliphatic hydroxyl groups is 1. The number of nitrogens with zero attached hydrogens (tertiary/aromatic N) is 1. The van der Waals surface area contributed by atoms with Gasteiger partial charge in [0.05, 0.1) is 6.54 Å². The quantitative estimate of drug-likeness (QED) is 0.768. The molecule has 6 nitrogen and oxygen atoms in total. The van der Waals surface area contributed by atoms with Crippen LogP contribution >= 0.6 is 0 Å². The minimum atomic E-state index is -1.13. The first-order valence-electron chi connectivity index (χ1n) is 8.89. The van der Waals surface area contributed by atoms with Crippen LogP contribution in [0.5, 0.6) is 5.75 Å². The summed E-state index contributed by atoms with van der Waals surface area (Å²) in [6, 6.07) is 14.3. The number of carbonyl (C=O) groups excluding carboxylic acids is 2. The number of benzene rings is 2. The molecule has 0 unspecified atom stereocenters. The van der Waals surface area contributed by atoms with Gasteiger partial charge in [0.15, 0.2) is 0 Å². The van der Waals surface area contributed by atoms with Gasteiger partial charge in [-0.15, -0.1) is 0 Å². The second-order valence-corrected chi connectivity index (χ2v) is 7.02. The van der Waals surface area contributed by atoms with Gasteiger partial charge >= 0.3 is 6.03 Å². The fourth-order valence-electron chi connectivity index (χ4n) is 3.30. The largest absolute Gasteiger partial charge is 0.490 e. The molecule has 1 saturated heterocycles. The van der Waals surface area contributed by atoms with Crippen LogP contribution in [0.2, 0.25) is 0 Å². The van der Waals surface area contributed by atoms with E-state index in [1.807, 2.05) is 50.2 Å². The number of β-amino-alcohol motifs (C(OH)–C–C–N with tert-alkyl or cyclic N) is 1. The van der Waals surface area contributed by atoms with Crippen LogP contribution in [0.15, 0.2) is 48.5 Å². The molecule has 1 aliphatic rings. The Balaban J connectivity index is 1.67. The van der Waals surface area contributed by atoms with E-state index in [2.05, 4.69) is 5.32 Å². The number of aryl methyl sites for hydroxylation is 2. The highest BCUT2D eigenvalue weighted by atomic mass is 16.5. The lowest BCUT2D eigenvalue weighted by Gasteiger charge is -2.23. The van der Waals surface area contributed by atoms with E-state index in [-0.39, 0.29) is 19.1 Å². The maximum Gasteiger partial charge on any atom is 0.325 e. The molecule has 0 radical (unpaired) electrons. The van der Waals surface area contributed by atoms with Crippen LogP contribution in [0, 0.1) is 13.8 Å². The van der Waals surface area contributed by atoms with Gasteiger partial charge in [0, 0.05) is 0 Å². The lowest BCUT2D eigenvalue weighted by atomic mass is 9.92. The molecular formula is C21H24N2O4. The lowest BCUT2D eigenvalue weighted by Crippen LogP contribution is -2.42. The minimum Gasteiger partial charge on any atom is -0.490 e. The number of imide groups is 1. The van der Waals surface area contributed by atoms with Crippen molar-refractivity contribution in [1.29, 1.82) is 0 Å². The average Bonchev–Trinajstić information content (AvgIpc) is 2.86. The van der Waals surface area contributed by atoms with Gasteiger partial charge in [0.2, 0.25) is 0 Å². The fraction of sp³-hybridized carbons (Fsp3) is 0.333. The van der Waals surface area contributed by atoms with Crippen LogP contribution in [0.3, 0.4) is 0 Å². The Hall–Kier alpha value is -2.86. The van der Waals surface area contributed by atoms with Crippen molar-refractivity contribution in [2.24, 2.45) is 0 Å². The van der Waals surface area contributed by atoms with Crippen LogP contribution in [0.4, 0.5) is 4.79 Å². The Morgan fingerprint density at radius 1 is 1.07 bits per heavy atom. The summed E-state index contributed by atoms with van der Waals surface area (Å²) in [5.74, 6) is 0.327. The van der Waals surface area contributed by atoms with Crippen molar-refractivity contribution < 1.29 is 19.4 Å². The molecule has 142 valence electrons. The van der Waals surface area contributed by atoms with E-state index in [9.17, 15) is 14.7 Å². The Labute approximate surface area is 158 Å². The number of ether oxygens (including phenoxy) is 1. The molecule has 1 fully saturated rings. The van der Waals surface area contributed by atoms with Crippen molar-refractivity contribution in [2.45, 2.75) is 32.4 Å². The van der Waals surface area contributed by atoms with Crippen LogP contribution in [-0.2, 0) is 10.3 Å². The first kappa shape index (κ1) is 18.9. The molecule has 0 aromatic heterocycles. The molecule has 3 rings (SSSR count). The molecule has 1 aliphatic heterocycles. The molecule has 2 aromatic carbocycles. The summed E-state index contributed by atoms with van der Waals surface area (Å²) in [5.41, 5.74) is 1.50. The lowest BCUT2D eigenvalue weighted by molar-refractivity contribution is -0.132. The molecule has 0 saturated carbocycles. The van der Waals surface area contributed by atoms with Gasteiger partial charge in [0.25, 0.3) is 5.91 Å². The van der Waals surface area contributed by atoms with Crippen molar-refractivity contribution in [3.63, 3.8) is 0 Å². The number of para-hydroxylation sites is 1. The summed E-state index contributed by atoms with van der Waals surface area (Å²) < 4.78 is 5.73. The number of aliphatic hydroxyl groups excluding tert-OH is 1. The Morgan fingerprint density at radius 3 is 2.33 bits per heavy atom. The summed E-state index contributed by atoms with van der Waals surface area (Å²) in [6.07, 6.45) is -0.989. The molecule has 0 spiro atoms. The topological polar surface area (TPSA) is 78.9 Å². The SMILES string of the molecule is Cc1cccc(C)c1OC[C@@H](O)CN1C(=O)N[C@](C)(c2ccccc2)C1=O. The molecule has 2 aromatic rings. The smallest absolute Gasteiger partial charge is 0.325 e. The van der Waals surface area contributed by atoms with Gasteiger partial charge in [-0.3, -0.25) is 9.69 Å². The zero-order chi connectivity index (χ0) is 19.6. The Kier molecular flexibility index (Phi) is 5.19. The van der Waals surface area contributed by atoms with Crippen molar-refractivity contribution in [1.82, 2.24) is 10.2 Å². The monoisotopic (exact) mass is 368 g/mol. The van der Waals surface area contributed by atoms with Crippen molar-refractivity contribution >= 4 is 11.9 Å². The molecular weight excluding hydrogens is 344 g/mol. The molecule has 0 bridgehead atoms. The summed E-state index contributed by atoms with van der Waals surface area (Å²) in [4.78, 5) is 26.2. The molecule has 27 heavy (non-hydrogen) atoms. The van der Waals surface area contributed by atoms with Crippen molar-refractivity contribution in [3.8, 4) is 5.75 Å². The molecule has 6 heteroatoms. The number of nitrogens with one attached hydrogen (secondary N) is 1. The third-order valence-corrected chi connectivity index (χ3v) is 4.85. The second-order valence-electron chi connectivity index (χ2n) is 7.02. The zero-order valence-corrected chi connectivity index (χ0v) is 15.7. The predicted octanol–water partition coefficient (Wildman–Crippen LogP) is 2.51. The van der Waals surface area contributed by atoms with E-state index >= 15 is 0 Å². The summed E-state index contributed by atoms with van der Waals surface area (Å²) in [5, 5.41) is 13.1. The van der Waals surface area contributed by atoms with Crippen LogP contribution in [-0.4, -0.2) is 41.2 Å². The first-order valence-corrected chi connectivity index (χ1v) is 8.89. The molecule has 2 N–H and O–H groups in total. The normalized spacial score (nSPS) is 20.5. The molecule has 3 amide bonds. The van der Waals surface area contributed by atoms with E-state index in [0.717, 1.165) is 16.0 Å². The van der Waals surface area contributed by atoms with Gasteiger partial charge in [-0.25, -0.2) is 4.79 Å². The van der Waals surface area contributed by atoms with Gasteiger partial charge in [-0.2, -0.15) is 0 Å². The maximum absolute atomic E-state index is 12.8. The number of hydrogen-bond acceptors (Lipinski definition) is 4. The zero-order valence-electron chi connectivity index (χ0n) is 15.7. The van der Waals surface area contributed by atoms with E-state index in [0.29, 0.717) is 11.3 Å². The van der Waals surface area contributed by atoms with E-state index in [1.165, 1.54) is 0 Å². The highest BCUT2D eigenvalue weighted by Gasteiger charge is 2.49. The Morgan fingerprint density at radius 2 is 1.70 bits per heavy atom. The fourth-order valence-corrected chi connectivity index (χ4v) is 3.30. The van der Waals surface area contributed by atoms with Crippen molar-refractivity contribution in [2.75, 3.05) is 13.2 Å². The third-order valence-electron chi connectivity index (χ3n) is 4.85. The highest BCUT2D eigenvalue weighted by molar-refractivity contribution is 6.07. The summed E-state index contributed by atoms with van der Waals surface area (Å²) in [7, 11) is 0. The van der Waals surface area contributed by atoms with Gasteiger partial charge < -0.3 is 15.2 Å². The first-order chi connectivity index (χ1) is 12.8. The van der Waals surface area contributed by atoms with Gasteiger partial charge in [0.1, 0.15) is 24.0 Å². The predicted molar refractivity (Wildman–Crippen MR) is 101 cm³/mol. The van der Waals surface area contributed by atoms with E-state index < -0.39 is 17.7 Å². The number of amides is 3. The number of carbonyl (C=O) groups is 2. The molecule has 2 atom stereocenters. The molecule has 0 aliphatic carbocycles. The van der Waals surface area contributed by atoms with Crippen LogP contribution in [0.1, 0.15) is 23.6 Å². The maximum atomic E-state index is 12.8. The second kappa shape index (κ2) is 7.40. The van der Waals surface area contributed by atoms with E-state index in [1.54, 1.807) is 19.1 Å². The third kappa shape index (κ3) is 3.66. The Bertz CT molecular complexity index is 832. The number of hydrogen-bond donors (Lipinski definition) is 2. The summed E-state index contributed by atoms with van der Waals surface area (Å²) in [6.45, 7) is 5.39. The summed E-state index contributed by atoms with van der Waals surface area (Å²) >= 11 is 0. The van der Waals surface area contributed by atoms with Gasteiger partial charge in [-0.1, -0.05) is 48.5 Å². The molecule has 1 heterocycles. The average molecular weight is 368 g/mol. The standard InChI is InChI=1S/C21H24N2O4/c1-14-8-7-9-15(2)18(14)27-13-17(24)12-23-19(25)21(3,22-20(23)26)16-10-5-4-6-11-16/h4-11,17,24H,12-13H2,1-3H3,(H,22,26)/t17-,21+/m0/s1. The van der Waals surface area contributed by atoms with Gasteiger partial charge in [-0.05, 0) is 37.5 Å². The number of urea groups is 1. The number of rotatable bonds is 6. The van der Waals surface area contributed by atoms with Crippen molar-refractivity contribution in [3.05, 3.63) is 65.2 Å². The van der Waals surface area contributed by atoms with Crippen LogP contribution < -0.4 is 10.1 Å². The highest BCUT2D eigenvalue weighted by Crippen LogP contribution is 2.29. The minimum absolute atomic E-state index is 0.00912.